The summed E-state index contributed by atoms with van der Waals surface area (Å²) in [6.07, 6.45) is 6.55. The van der Waals surface area contributed by atoms with Gasteiger partial charge in [0.1, 0.15) is 0 Å². The van der Waals surface area contributed by atoms with Crippen molar-refractivity contribution in [3.05, 3.63) is 0 Å². The molecule has 1 fully saturated rings. The fraction of sp³-hybridized carbons (Fsp3) is 0.923. The Hall–Kier alpha value is -0.660. The second-order valence-corrected chi connectivity index (χ2v) is 7.52. The Kier molecular flexibility index (Phi) is 6.91. The van der Waals surface area contributed by atoms with E-state index in [1.165, 1.54) is 20.0 Å². The fourth-order valence-corrected chi connectivity index (χ4v) is 3.62. The standard InChI is InChI=1S/C13H26N2O4S/c1-19-12(16)7-6-10-20(17,18)15-11-13(14)8-4-2-3-5-9-13/h15H,2-11,14H2,1H3. The Morgan fingerprint density at radius 1 is 1.25 bits per heavy atom. The summed E-state index contributed by atoms with van der Waals surface area (Å²) in [5, 5.41) is 0. The molecule has 1 aliphatic rings. The van der Waals surface area contributed by atoms with Crippen LogP contribution < -0.4 is 10.5 Å². The molecular formula is C13H26N2O4S. The second kappa shape index (κ2) is 7.95. The van der Waals surface area contributed by atoms with E-state index >= 15 is 0 Å². The average molecular weight is 306 g/mol. The van der Waals surface area contributed by atoms with Crippen molar-refractivity contribution in [3.8, 4) is 0 Å². The van der Waals surface area contributed by atoms with Gasteiger partial charge in [0.2, 0.25) is 10.0 Å². The van der Waals surface area contributed by atoms with Crippen LogP contribution in [0.4, 0.5) is 0 Å². The molecule has 20 heavy (non-hydrogen) atoms. The molecule has 1 rings (SSSR count). The van der Waals surface area contributed by atoms with Crippen molar-refractivity contribution in [1.29, 1.82) is 0 Å². The molecule has 0 radical (unpaired) electrons. The maximum Gasteiger partial charge on any atom is 0.305 e. The summed E-state index contributed by atoms with van der Waals surface area (Å²) in [6, 6.07) is 0. The third-order valence-corrected chi connectivity index (χ3v) is 5.18. The molecule has 0 aromatic rings. The first kappa shape index (κ1) is 17.4. The number of hydrogen-bond acceptors (Lipinski definition) is 5. The van der Waals surface area contributed by atoms with Crippen molar-refractivity contribution in [2.24, 2.45) is 5.73 Å². The zero-order valence-electron chi connectivity index (χ0n) is 12.2. The van der Waals surface area contributed by atoms with E-state index in [4.69, 9.17) is 5.73 Å². The summed E-state index contributed by atoms with van der Waals surface area (Å²) < 4.78 is 30.8. The predicted octanol–water partition coefficient (Wildman–Crippen LogP) is 0.911. The van der Waals surface area contributed by atoms with Gasteiger partial charge in [0, 0.05) is 18.5 Å². The lowest BCUT2D eigenvalue weighted by Gasteiger charge is -2.28. The van der Waals surface area contributed by atoms with Gasteiger partial charge in [-0.25, -0.2) is 13.1 Å². The summed E-state index contributed by atoms with van der Waals surface area (Å²) in [5.41, 5.74) is 5.84. The highest BCUT2D eigenvalue weighted by Crippen LogP contribution is 2.24. The van der Waals surface area contributed by atoms with E-state index in [1.807, 2.05) is 0 Å². The Balaban J connectivity index is 2.36. The number of methoxy groups -OCH3 is 1. The zero-order valence-corrected chi connectivity index (χ0v) is 13.0. The topological polar surface area (TPSA) is 98.5 Å². The van der Waals surface area contributed by atoms with E-state index in [0.717, 1.165) is 25.7 Å². The molecule has 6 nitrogen and oxygen atoms in total. The van der Waals surface area contributed by atoms with Crippen molar-refractivity contribution in [3.63, 3.8) is 0 Å². The first-order chi connectivity index (χ1) is 9.37. The van der Waals surface area contributed by atoms with Crippen LogP contribution in [0.5, 0.6) is 0 Å². The largest absolute Gasteiger partial charge is 0.469 e. The molecular weight excluding hydrogens is 280 g/mol. The number of carbonyl (C=O) groups excluding carboxylic acids is 1. The molecule has 0 heterocycles. The van der Waals surface area contributed by atoms with Gasteiger partial charge in [0.15, 0.2) is 0 Å². The van der Waals surface area contributed by atoms with Crippen molar-refractivity contribution < 1.29 is 17.9 Å². The lowest BCUT2D eigenvalue weighted by atomic mass is 9.92. The molecule has 0 atom stereocenters. The van der Waals surface area contributed by atoms with E-state index in [-0.39, 0.29) is 31.1 Å². The minimum Gasteiger partial charge on any atom is -0.469 e. The fourth-order valence-electron chi connectivity index (χ4n) is 2.44. The van der Waals surface area contributed by atoms with Crippen molar-refractivity contribution in [2.75, 3.05) is 19.4 Å². The average Bonchev–Trinajstić information content (AvgIpc) is 2.62. The molecule has 0 spiro atoms. The maximum atomic E-state index is 11.9. The molecule has 7 heteroatoms. The number of esters is 1. The summed E-state index contributed by atoms with van der Waals surface area (Å²) in [7, 11) is -2.08. The van der Waals surface area contributed by atoms with Crippen LogP contribution in [0.25, 0.3) is 0 Å². The number of nitrogens with one attached hydrogen (secondary N) is 1. The van der Waals surface area contributed by atoms with Crippen LogP contribution in [0.15, 0.2) is 0 Å². The highest BCUT2D eigenvalue weighted by Gasteiger charge is 2.27. The Labute approximate surface area is 121 Å². The zero-order chi connectivity index (χ0) is 15.1. The first-order valence-electron chi connectivity index (χ1n) is 7.20. The first-order valence-corrected chi connectivity index (χ1v) is 8.85. The second-order valence-electron chi connectivity index (χ2n) is 5.60. The lowest BCUT2D eigenvalue weighted by Crippen LogP contribution is -2.50. The van der Waals surface area contributed by atoms with Crippen LogP contribution in [0.3, 0.4) is 0 Å². The molecule has 118 valence electrons. The van der Waals surface area contributed by atoms with Crippen LogP contribution >= 0.6 is 0 Å². The molecule has 0 aromatic heterocycles. The summed E-state index contributed by atoms with van der Waals surface area (Å²) in [6.45, 7) is 0.285. The van der Waals surface area contributed by atoms with E-state index in [9.17, 15) is 13.2 Å². The van der Waals surface area contributed by atoms with Gasteiger partial charge < -0.3 is 10.5 Å². The smallest absolute Gasteiger partial charge is 0.305 e. The maximum absolute atomic E-state index is 11.9. The number of sulfonamides is 1. The highest BCUT2D eigenvalue weighted by atomic mass is 32.2. The van der Waals surface area contributed by atoms with E-state index in [0.29, 0.717) is 0 Å². The van der Waals surface area contributed by atoms with Crippen molar-refractivity contribution in [2.45, 2.75) is 56.9 Å². The number of hydrogen-bond donors (Lipinski definition) is 2. The van der Waals surface area contributed by atoms with Crippen LogP contribution in [-0.2, 0) is 19.6 Å². The summed E-state index contributed by atoms with van der Waals surface area (Å²) in [5.74, 6) is -0.461. The van der Waals surface area contributed by atoms with Gasteiger partial charge in [0.05, 0.1) is 12.9 Å². The normalized spacial score (nSPS) is 19.3. The number of rotatable bonds is 7. The SMILES string of the molecule is COC(=O)CCCS(=O)(=O)NCC1(N)CCCCCC1. The minimum absolute atomic E-state index is 0.0713. The summed E-state index contributed by atoms with van der Waals surface area (Å²) >= 11 is 0. The highest BCUT2D eigenvalue weighted by molar-refractivity contribution is 7.89. The van der Waals surface area contributed by atoms with Crippen LogP contribution in [0.1, 0.15) is 51.4 Å². The molecule has 1 saturated carbocycles. The molecule has 0 amide bonds. The quantitative estimate of drug-likeness (QED) is 0.538. The van der Waals surface area contributed by atoms with Gasteiger partial charge >= 0.3 is 5.97 Å². The Bertz CT molecular complexity index is 401. The van der Waals surface area contributed by atoms with E-state index < -0.39 is 15.6 Å². The number of carbonyl (C=O) groups is 1. The Morgan fingerprint density at radius 3 is 2.40 bits per heavy atom. The van der Waals surface area contributed by atoms with Gasteiger partial charge in [-0.15, -0.1) is 0 Å². The van der Waals surface area contributed by atoms with Crippen molar-refractivity contribution in [1.82, 2.24) is 4.72 Å². The van der Waals surface area contributed by atoms with Gasteiger partial charge in [-0.3, -0.25) is 4.79 Å². The van der Waals surface area contributed by atoms with E-state index in [1.54, 1.807) is 0 Å². The van der Waals surface area contributed by atoms with E-state index in [2.05, 4.69) is 9.46 Å². The molecule has 0 aromatic carbocycles. The van der Waals surface area contributed by atoms with Crippen LogP contribution in [0.2, 0.25) is 0 Å². The predicted molar refractivity (Wildman–Crippen MR) is 77.7 cm³/mol. The monoisotopic (exact) mass is 306 g/mol. The summed E-state index contributed by atoms with van der Waals surface area (Å²) in [4.78, 5) is 10.9. The van der Waals surface area contributed by atoms with Gasteiger partial charge in [-0.1, -0.05) is 25.7 Å². The molecule has 0 bridgehead atoms. The van der Waals surface area contributed by atoms with Crippen molar-refractivity contribution >= 4 is 16.0 Å². The molecule has 1 aliphatic carbocycles. The third-order valence-electron chi connectivity index (χ3n) is 3.77. The van der Waals surface area contributed by atoms with Crippen LogP contribution in [-0.4, -0.2) is 39.3 Å². The van der Waals surface area contributed by atoms with Crippen LogP contribution in [0, 0.1) is 0 Å². The molecule has 0 unspecified atom stereocenters. The third kappa shape index (κ3) is 6.67. The van der Waals surface area contributed by atoms with Gasteiger partial charge in [-0.2, -0.15) is 0 Å². The Morgan fingerprint density at radius 2 is 1.85 bits per heavy atom. The number of nitrogens with two attached hydrogens (primary N) is 1. The minimum atomic E-state index is -3.37. The molecule has 0 aliphatic heterocycles. The number of ether oxygens (including phenoxy) is 1. The van der Waals surface area contributed by atoms with Gasteiger partial charge in [0.25, 0.3) is 0 Å². The van der Waals surface area contributed by atoms with Gasteiger partial charge in [-0.05, 0) is 19.3 Å². The molecule has 0 saturated heterocycles. The molecule has 3 N–H and O–H groups in total. The lowest BCUT2D eigenvalue weighted by molar-refractivity contribution is -0.140.